The number of halogens is 1. The molecule has 0 bridgehead atoms. The van der Waals surface area contributed by atoms with E-state index in [-0.39, 0.29) is 18.8 Å². The molecule has 4 heterocycles. The summed E-state index contributed by atoms with van der Waals surface area (Å²) in [4.78, 5) is 46.8. The first-order valence-corrected chi connectivity index (χ1v) is 12.8. The van der Waals surface area contributed by atoms with E-state index < -0.39 is 29.3 Å². The summed E-state index contributed by atoms with van der Waals surface area (Å²) in [6.45, 7) is 5.37. The fraction of sp³-hybridized carbons (Fsp3) is 0.345. The number of aromatic nitrogens is 1. The molecule has 1 spiro atoms. The minimum absolute atomic E-state index is 0.154. The number of amides is 4. The number of piperazine rings is 1. The molecule has 4 amide bonds. The molecule has 1 aromatic heterocycles. The molecule has 3 aliphatic rings. The zero-order chi connectivity index (χ0) is 26.9. The van der Waals surface area contributed by atoms with Crippen LogP contribution in [0.15, 0.2) is 54.6 Å². The zero-order valence-electron chi connectivity index (χ0n) is 21.9. The van der Waals surface area contributed by atoms with Gasteiger partial charge in [-0.05, 0) is 68.3 Å². The molecule has 0 aliphatic carbocycles. The van der Waals surface area contributed by atoms with Crippen molar-refractivity contribution in [3.63, 3.8) is 0 Å². The normalized spacial score (nSPS) is 20.8. The van der Waals surface area contributed by atoms with Crippen molar-refractivity contribution in [3.05, 3.63) is 77.4 Å². The van der Waals surface area contributed by atoms with Gasteiger partial charge in [-0.15, -0.1) is 0 Å². The largest absolute Gasteiger partial charge is 0.365 e. The molecular formula is C29H30FN5O3. The minimum atomic E-state index is -1.52. The number of fused-ring (bicyclic) bond motifs is 4. The molecule has 38 heavy (non-hydrogen) atoms. The number of imide groups is 2. The van der Waals surface area contributed by atoms with Crippen LogP contribution in [0.4, 0.5) is 20.6 Å². The number of para-hydroxylation sites is 1. The second kappa shape index (κ2) is 8.44. The monoisotopic (exact) mass is 515 g/mol. The summed E-state index contributed by atoms with van der Waals surface area (Å²) in [6, 6.07) is 15.6. The van der Waals surface area contributed by atoms with Gasteiger partial charge in [0.05, 0.1) is 11.7 Å². The summed E-state index contributed by atoms with van der Waals surface area (Å²) in [5.74, 6) is -1.38. The number of hydrogen-bond donors (Lipinski definition) is 0. The molecule has 2 saturated heterocycles. The van der Waals surface area contributed by atoms with Gasteiger partial charge in [0.15, 0.2) is 5.41 Å². The summed E-state index contributed by atoms with van der Waals surface area (Å²) in [6.07, 6.45) is 0.154. The lowest BCUT2D eigenvalue weighted by Crippen LogP contribution is -2.74. The number of anilines is 2. The van der Waals surface area contributed by atoms with Crippen molar-refractivity contribution >= 4 is 29.2 Å². The molecule has 8 nitrogen and oxygen atoms in total. The van der Waals surface area contributed by atoms with Crippen LogP contribution in [0.3, 0.4) is 0 Å². The first-order chi connectivity index (χ1) is 18.1. The van der Waals surface area contributed by atoms with E-state index in [9.17, 15) is 18.8 Å². The van der Waals surface area contributed by atoms with Crippen molar-refractivity contribution in [2.45, 2.75) is 26.3 Å². The van der Waals surface area contributed by atoms with Gasteiger partial charge in [0.1, 0.15) is 5.82 Å². The third-order valence-electron chi connectivity index (χ3n) is 8.46. The van der Waals surface area contributed by atoms with Gasteiger partial charge in [0.2, 0.25) is 11.8 Å². The second-order valence-electron chi connectivity index (χ2n) is 10.5. The van der Waals surface area contributed by atoms with Crippen LogP contribution in [0.2, 0.25) is 0 Å². The first-order valence-electron chi connectivity index (χ1n) is 12.8. The van der Waals surface area contributed by atoms with Gasteiger partial charge in [0.25, 0.3) is 0 Å². The lowest BCUT2D eigenvalue weighted by molar-refractivity contribution is -0.159. The Hall–Kier alpha value is -4.14. The fourth-order valence-electron chi connectivity index (χ4n) is 6.57. The van der Waals surface area contributed by atoms with E-state index in [2.05, 4.69) is 33.7 Å². The van der Waals surface area contributed by atoms with Crippen LogP contribution in [0.5, 0.6) is 0 Å². The fourth-order valence-corrected chi connectivity index (χ4v) is 6.57. The molecule has 0 radical (unpaired) electrons. The third kappa shape index (κ3) is 3.23. The van der Waals surface area contributed by atoms with Gasteiger partial charge in [0, 0.05) is 56.5 Å². The number of carbonyl (C=O) groups is 3. The maximum absolute atomic E-state index is 14.8. The Bertz CT molecular complexity index is 1450. The summed E-state index contributed by atoms with van der Waals surface area (Å²) in [5.41, 5.74) is 3.88. The number of barbiturate groups is 1. The Kier molecular flexibility index (Phi) is 5.38. The van der Waals surface area contributed by atoms with Gasteiger partial charge in [-0.1, -0.05) is 12.1 Å². The Morgan fingerprint density at radius 2 is 1.50 bits per heavy atom. The van der Waals surface area contributed by atoms with Gasteiger partial charge in [-0.3, -0.25) is 19.4 Å². The highest BCUT2D eigenvalue weighted by Gasteiger charge is 2.64. The van der Waals surface area contributed by atoms with E-state index in [0.717, 1.165) is 38.1 Å². The number of benzene rings is 2. The van der Waals surface area contributed by atoms with Crippen LogP contribution in [0, 0.1) is 25.1 Å². The molecule has 196 valence electrons. The van der Waals surface area contributed by atoms with Gasteiger partial charge in [-0.2, -0.15) is 0 Å². The number of urea groups is 1. The average molecular weight is 516 g/mol. The number of rotatable bonds is 2. The topological polar surface area (TPSA) is 69.1 Å². The molecule has 3 aliphatic heterocycles. The first kappa shape index (κ1) is 24.2. The second-order valence-corrected chi connectivity index (χ2v) is 10.5. The van der Waals surface area contributed by atoms with Crippen LogP contribution < -0.4 is 9.80 Å². The third-order valence-corrected chi connectivity index (χ3v) is 8.46. The summed E-state index contributed by atoms with van der Waals surface area (Å²) in [7, 11) is 2.85. The van der Waals surface area contributed by atoms with Crippen LogP contribution in [-0.2, 0) is 16.0 Å². The highest BCUT2D eigenvalue weighted by Crippen LogP contribution is 2.47. The average Bonchev–Trinajstić information content (AvgIpc) is 3.26. The van der Waals surface area contributed by atoms with Crippen LogP contribution in [0.1, 0.15) is 17.0 Å². The van der Waals surface area contributed by atoms with Crippen molar-refractivity contribution in [1.82, 2.24) is 14.4 Å². The van der Waals surface area contributed by atoms with Crippen molar-refractivity contribution < 1.29 is 18.8 Å². The minimum Gasteiger partial charge on any atom is -0.365 e. The Labute approximate surface area is 220 Å². The van der Waals surface area contributed by atoms with Crippen molar-refractivity contribution in [1.29, 1.82) is 0 Å². The smallest absolute Gasteiger partial charge is 0.332 e. The SMILES string of the molecule is Cc1ccc(C)n1-c1ccc2c(c1)CC1(C(=O)N(C)C(=O)N(C)C1=O)[C@H]1CN(c3ccccc3F)CCN21. The van der Waals surface area contributed by atoms with E-state index in [1.807, 2.05) is 24.8 Å². The maximum Gasteiger partial charge on any atom is 0.332 e. The Morgan fingerprint density at radius 1 is 0.842 bits per heavy atom. The molecular weight excluding hydrogens is 485 g/mol. The van der Waals surface area contributed by atoms with E-state index >= 15 is 0 Å². The summed E-state index contributed by atoms with van der Waals surface area (Å²) < 4.78 is 16.9. The number of aryl methyl sites for hydroxylation is 2. The highest BCUT2D eigenvalue weighted by atomic mass is 19.1. The molecule has 2 aromatic carbocycles. The number of carbonyl (C=O) groups excluding carboxylic acids is 3. The van der Waals surface area contributed by atoms with Crippen LogP contribution in [0.25, 0.3) is 5.69 Å². The van der Waals surface area contributed by atoms with E-state index in [4.69, 9.17) is 0 Å². The van der Waals surface area contributed by atoms with Crippen molar-refractivity contribution in [3.8, 4) is 5.69 Å². The quantitative estimate of drug-likeness (QED) is 0.489. The van der Waals surface area contributed by atoms with Gasteiger partial charge < -0.3 is 14.4 Å². The Morgan fingerprint density at radius 3 is 2.16 bits per heavy atom. The Balaban J connectivity index is 1.51. The lowest BCUT2D eigenvalue weighted by atomic mass is 9.67. The molecule has 0 N–H and O–H groups in total. The van der Waals surface area contributed by atoms with Crippen molar-refractivity contribution in [2.75, 3.05) is 43.5 Å². The highest BCUT2D eigenvalue weighted by molar-refractivity contribution is 6.20. The van der Waals surface area contributed by atoms with Gasteiger partial charge in [-0.25, -0.2) is 9.18 Å². The summed E-state index contributed by atoms with van der Waals surface area (Å²) >= 11 is 0. The number of nitrogens with zero attached hydrogens (tertiary/aromatic N) is 5. The molecule has 1 atom stereocenters. The molecule has 6 rings (SSSR count). The van der Waals surface area contributed by atoms with E-state index in [1.54, 1.807) is 18.2 Å². The van der Waals surface area contributed by atoms with Crippen molar-refractivity contribution in [2.24, 2.45) is 5.41 Å². The molecule has 3 aromatic rings. The molecule has 0 saturated carbocycles. The molecule has 2 fully saturated rings. The lowest BCUT2D eigenvalue weighted by Gasteiger charge is -2.56. The standard InChI is InChI=1S/C29H30FN5O3/c1-18-9-10-19(2)35(18)21-11-12-23-20(15-21)16-29(26(36)31(3)28(38)32(4)27(29)37)25-17-33(13-14-34(23)25)24-8-6-5-7-22(24)30/h5-12,15,25H,13-14,16-17H2,1-4H3/t25-/m1/s1. The predicted octanol–water partition coefficient (Wildman–Crippen LogP) is 3.52. The van der Waals surface area contributed by atoms with E-state index in [1.165, 1.54) is 20.2 Å². The summed E-state index contributed by atoms with van der Waals surface area (Å²) in [5, 5.41) is 0. The van der Waals surface area contributed by atoms with Crippen LogP contribution >= 0.6 is 0 Å². The maximum atomic E-state index is 14.8. The molecule has 0 unspecified atom stereocenters. The van der Waals surface area contributed by atoms with Gasteiger partial charge >= 0.3 is 6.03 Å². The van der Waals surface area contributed by atoms with Crippen LogP contribution in [-0.4, -0.2) is 72.0 Å². The number of hydrogen-bond acceptors (Lipinski definition) is 5. The predicted molar refractivity (Wildman–Crippen MR) is 142 cm³/mol. The van der Waals surface area contributed by atoms with E-state index in [0.29, 0.717) is 18.8 Å². The zero-order valence-corrected chi connectivity index (χ0v) is 21.9. The molecule has 9 heteroatoms.